The number of benzene rings is 1. The van der Waals surface area contributed by atoms with Crippen LogP contribution in [0.1, 0.15) is 62.6 Å². The maximum atomic E-state index is 12.7. The Balaban J connectivity index is 3.06. The summed E-state index contributed by atoms with van der Waals surface area (Å²) in [5.41, 5.74) is 1.37. The van der Waals surface area contributed by atoms with Crippen molar-refractivity contribution >= 4 is 0 Å². The maximum absolute atomic E-state index is 12.7. The smallest absolute Gasteiger partial charge is 0.166 e. The Bertz CT molecular complexity index is 380. The van der Waals surface area contributed by atoms with Gasteiger partial charge in [-0.25, -0.2) is 0 Å². The van der Waals surface area contributed by atoms with E-state index in [1.807, 2.05) is 13.8 Å². The third-order valence-electron chi connectivity index (χ3n) is 3.38. The van der Waals surface area contributed by atoms with Gasteiger partial charge < -0.3 is 0 Å². The fourth-order valence-corrected chi connectivity index (χ4v) is 2.22. The highest BCUT2D eigenvalue weighted by Crippen LogP contribution is 2.34. The van der Waals surface area contributed by atoms with Crippen LogP contribution in [0.4, 0.5) is 13.2 Å². The minimum absolute atomic E-state index is 0.196. The van der Waals surface area contributed by atoms with Crippen LogP contribution in [-0.2, 0) is 12.6 Å². The molecule has 0 aliphatic carbocycles. The number of unbranched alkanes of at least 4 members (excludes halogenated alkanes) is 1. The van der Waals surface area contributed by atoms with Crippen LogP contribution in [0.15, 0.2) is 18.2 Å². The molecule has 1 atom stereocenters. The Labute approximate surface area is 107 Å². The molecule has 0 saturated carbocycles. The summed E-state index contributed by atoms with van der Waals surface area (Å²) in [6.07, 6.45) is -0.383. The van der Waals surface area contributed by atoms with Crippen LogP contribution in [-0.4, -0.2) is 0 Å². The largest absolute Gasteiger partial charge is 0.416 e. The summed E-state index contributed by atoms with van der Waals surface area (Å²) in [6.45, 7) is 6.10. The topological polar surface area (TPSA) is 0 Å². The Hall–Kier alpha value is -0.990. The second kappa shape index (κ2) is 6.26. The van der Waals surface area contributed by atoms with Gasteiger partial charge in [0.1, 0.15) is 0 Å². The highest BCUT2D eigenvalue weighted by atomic mass is 19.4. The van der Waals surface area contributed by atoms with Crippen LogP contribution in [0.3, 0.4) is 0 Å². The Morgan fingerprint density at radius 3 is 2.33 bits per heavy atom. The molecule has 0 aliphatic rings. The average Bonchev–Trinajstić information content (AvgIpc) is 2.34. The normalized spacial score (nSPS) is 13.7. The van der Waals surface area contributed by atoms with Gasteiger partial charge in [-0.15, -0.1) is 0 Å². The Morgan fingerprint density at radius 1 is 1.17 bits per heavy atom. The molecule has 0 amide bonds. The number of rotatable bonds is 5. The van der Waals surface area contributed by atoms with E-state index < -0.39 is 11.7 Å². The average molecular weight is 258 g/mol. The minimum Gasteiger partial charge on any atom is -0.166 e. The molecule has 0 spiro atoms. The fourth-order valence-electron chi connectivity index (χ4n) is 2.22. The predicted octanol–water partition coefficient (Wildman–Crippen LogP) is 5.56. The Kier molecular flexibility index (Phi) is 5.24. The fraction of sp³-hybridized carbons (Fsp3) is 0.600. The summed E-state index contributed by atoms with van der Waals surface area (Å²) < 4.78 is 38.2. The van der Waals surface area contributed by atoms with Crippen molar-refractivity contribution in [2.45, 2.75) is 58.5 Å². The van der Waals surface area contributed by atoms with Gasteiger partial charge >= 0.3 is 6.18 Å². The lowest BCUT2D eigenvalue weighted by atomic mass is 9.89. The molecule has 1 rings (SSSR count). The zero-order valence-electron chi connectivity index (χ0n) is 11.3. The van der Waals surface area contributed by atoms with Crippen LogP contribution in [0.5, 0.6) is 0 Å². The zero-order chi connectivity index (χ0) is 13.8. The lowest BCUT2D eigenvalue weighted by Gasteiger charge is -2.18. The van der Waals surface area contributed by atoms with Gasteiger partial charge in [-0.1, -0.05) is 39.7 Å². The molecule has 0 aromatic heterocycles. The second-order valence-corrected chi connectivity index (χ2v) is 4.81. The summed E-state index contributed by atoms with van der Waals surface area (Å²) in [6, 6.07) is 4.15. The maximum Gasteiger partial charge on any atom is 0.416 e. The predicted molar refractivity (Wildman–Crippen MR) is 68.8 cm³/mol. The summed E-state index contributed by atoms with van der Waals surface area (Å²) >= 11 is 0. The summed E-state index contributed by atoms with van der Waals surface area (Å²) in [5.74, 6) is 0.196. The molecule has 3 heteroatoms. The van der Waals surface area contributed by atoms with Crippen molar-refractivity contribution in [1.29, 1.82) is 0 Å². The molecule has 1 aromatic rings. The van der Waals surface area contributed by atoms with E-state index in [-0.39, 0.29) is 5.92 Å². The lowest BCUT2D eigenvalue weighted by Crippen LogP contribution is -2.08. The molecule has 0 N–H and O–H groups in total. The number of halogens is 3. The summed E-state index contributed by atoms with van der Waals surface area (Å²) in [4.78, 5) is 0. The van der Waals surface area contributed by atoms with Crippen molar-refractivity contribution in [1.82, 2.24) is 0 Å². The van der Waals surface area contributed by atoms with Crippen molar-refractivity contribution < 1.29 is 13.2 Å². The van der Waals surface area contributed by atoms with E-state index >= 15 is 0 Å². The van der Waals surface area contributed by atoms with Gasteiger partial charge in [0.25, 0.3) is 0 Å². The number of alkyl halides is 3. The number of hydrogen-bond acceptors (Lipinski definition) is 0. The first-order valence-corrected chi connectivity index (χ1v) is 6.60. The number of hydrogen-bond donors (Lipinski definition) is 0. The molecular formula is C15H21F3. The van der Waals surface area contributed by atoms with Gasteiger partial charge in [-0.2, -0.15) is 13.2 Å². The lowest BCUT2D eigenvalue weighted by molar-refractivity contribution is -0.137. The van der Waals surface area contributed by atoms with E-state index in [4.69, 9.17) is 0 Å². The van der Waals surface area contributed by atoms with Gasteiger partial charge in [0.05, 0.1) is 5.56 Å². The molecule has 0 bridgehead atoms. The molecule has 0 heterocycles. The molecule has 0 saturated heterocycles. The highest BCUT2D eigenvalue weighted by molar-refractivity contribution is 5.35. The van der Waals surface area contributed by atoms with E-state index in [9.17, 15) is 13.2 Å². The molecular weight excluding hydrogens is 237 g/mol. The Morgan fingerprint density at radius 2 is 1.83 bits per heavy atom. The van der Waals surface area contributed by atoms with Gasteiger partial charge in [0.15, 0.2) is 0 Å². The van der Waals surface area contributed by atoms with Crippen LogP contribution in [0, 0.1) is 0 Å². The summed E-state index contributed by atoms with van der Waals surface area (Å²) in [5, 5.41) is 0. The van der Waals surface area contributed by atoms with Gasteiger partial charge in [-0.3, -0.25) is 0 Å². The van der Waals surface area contributed by atoms with E-state index in [0.29, 0.717) is 0 Å². The molecule has 1 aromatic carbocycles. The highest BCUT2D eigenvalue weighted by Gasteiger charge is 2.31. The van der Waals surface area contributed by atoms with Crippen molar-refractivity contribution in [2.24, 2.45) is 0 Å². The van der Waals surface area contributed by atoms with Crippen LogP contribution >= 0.6 is 0 Å². The molecule has 0 radical (unpaired) electrons. The molecule has 1 unspecified atom stereocenters. The monoisotopic (exact) mass is 258 g/mol. The first kappa shape index (κ1) is 15.1. The van der Waals surface area contributed by atoms with E-state index in [0.717, 1.165) is 36.8 Å². The molecule has 0 fully saturated rings. The molecule has 18 heavy (non-hydrogen) atoms. The van der Waals surface area contributed by atoms with Crippen LogP contribution < -0.4 is 0 Å². The van der Waals surface area contributed by atoms with Crippen molar-refractivity contribution in [2.75, 3.05) is 0 Å². The van der Waals surface area contributed by atoms with Gasteiger partial charge in [0.2, 0.25) is 0 Å². The van der Waals surface area contributed by atoms with E-state index in [1.165, 1.54) is 12.1 Å². The molecule has 0 nitrogen and oxygen atoms in total. The second-order valence-electron chi connectivity index (χ2n) is 4.81. The molecule has 0 aliphatic heterocycles. The summed E-state index contributed by atoms with van der Waals surface area (Å²) in [7, 11) is 0. The quantitative estimate of drug-likeness (QED) is 0.648. The third kappa shape index (κ3) is 3.76. The minimum atomic E-state index is -4.24. The van der Waals surface area contributed by atoms with E-state index in [1.54, 1.807) is 6.07 Å². The third-order valence-corrected chi connectivity index (χ3v) is 3.38. The number of aryl methyl sites for hydroxylation is 1. The first-order chi connectivity index (χ1) is 8.40. The zero-order valence-corrected chi connectivity index (χ0v) is 11.3. The molecule has 102 valence electrons. The van der Waals surface area contributed by atoms with Crippen LogP contribution in [0.25, 0.3) is 0 Å². The standard InChI is InChI=1S/C15H21F3/c1-4-6-7-11(3)14-10-13(15(16,17)18)9-8-12(14)5-2/h8-11H,4-7H2,1-3H3. The SMILES string of the molecule is CCCCC(C)c1cc(C(F)(F)F)ccc1CC. The first-order valence-electron chi connectivity index (χ1n) is 6.60. The van der Waals surface area contributed by atoms with Gasteiger partial charge in [-0.05, 0) is 42.0 Å². The van der Waals surface area contributed by atoms with Crippen molar-refractivity contribution in [3.8, 4) is 0 Å². The van der Waals surface area contributed by atoms with E-state index in [2.05, 4.69) is 6.92 Å². The van der Waals surface area contributed by atoms with Crippen molar-refractivity contribution in [3.05, 3.63) is 34.9 Å². The van der Waals surface area contributed by atoms with Crippen LogP contribution in [0.2, 0.25) is 0 Å². The van der Waals surface area contributed by atoms with Gasteiger partial charge in [0, 0.05) is 0 Å². The van der Waals surface area contributed by atoms with Crippen molar-refractivity contribution in [3.63, 3.8) is 0 Å².